The molecule has 1 aromatic carbocycles. The van der Waals surface area contributed by atoms with Gasteiger partial charge in [0.05, 0.1) is 19.1 Å². The van der Waals surface area contributed by atoms with Crippen LogP contribution in [0.25, 0.3) is 0 Å². The molecule has 0 aromatic heterocycles. The van der Waals surface area contributed by atoms with Crippen LogP contribution < -0.4 is 10.1 Å². The Morgan fingerprint density at radius 1 is 1.24 bits per heavy atom. The van der Waals surface area contributed by atoms with Crippen LogP contribution in [0, 0.1) is 5.92 Å². The fourth-order valence-corrected chi connectivity index (χ4v) is 2.71. The number of carbonyl (C=O) groups excluding carboxylic acids is 2. The number of nitrogens with zero attached hydrogens (tertiary/aromatic N) is 1. The molecule has 2 rings (SSSR count). The van der Waals surface area contributed by atoms with Gasteiger partial charge in [0.15, 0.2) is 0 Å². The van der Waals surface area contributed by atoms with Crippen molar-refractivity contribution in [1.29, 1.82) is 0 Å². The third-order valence-corrected chi connectivity index (χ3v) is 3.94. The summed E-state index contributed by atoms with van der Waals surface area (Å²) in [4.78, 5) is 25.7. The molecule has 6 nitrogen and oxygen atoms in total. The second kappa shape index (κ2) is 9.31. The summed E-state index contributed by atoms with van der Waals surface area (Å²) in [5, 5.41) is 2.71. The highest BCUT2D eigenvalue weighted by atomic mass is 19.3. The Morgan fingerprint density at radius 2 is 1.88 bits per heavy atom. The predicted octanol–water partition coefficient (Wildman–Crippen LogP) is 2.50. The van der Waals surface area contributed by atoms with Gasteiger partial charge in [-0.05, 0) is 57.1 Å². The Bertz CT molecular complexity index is 573. The first-order chi connectivity index (χ1) is 12.0. The first kappa shape index (κ1) is 19.1. The maximum Gasteiger partial charge on any atom is 0.387 e. The molecule has 0 bridgehead atoms. The van der Waals surface area contributed by atoms with Crippen molar-refractivity contribution in [3.63, 3.8) is 0 Å². The molecule has 1 heterocycles. The van der Waals surface area contributed by atoms with Crippen LogP contribution in [0.1, 0.15) is 19.8 Å². The van der Waals surface area contributed by atoms with Gasteiger partial charge in [-0.15, -0.1) is 0 Å². The Balaban J connectivity index is 1.75. The summed E-state index contributed by atoms with van der Waals surface area (Å²) < 4.78 is 33.4. The van der Waals surface area contributed by atoms with Gasteiger partial charge in [-0.25, -0.2) is 0 Å². The van der Waals surface area contributed by atoms with Crippen LogP contribution in [-0.2, 0) is 14.3 Å². The van der Waals surface area contributed by atoms with Gasteiger partial charge >= 0.3 is 12.6 Å². The summed E-state index contributed by atoms with van der Waals surface area (Å²) >= 11 is 0. The van der Waals surface area contributed by atoms with Crippen molar-refractivity contribution < 1.29 is 27.8 Å². The van der Waals surface area contributed by atoms with Crippen molar-refractivity contribution in [3.05, 3.63) is 24.3 Å². The van der Waals surface area contributed by atoms with Crippen molar-refractivity contribution in [3.8, 4) is 5.75 Å². The normalized spacial score (nSPS) is 15.8. The summed E-state index contributed by atoms with van der Waals surface area (Å²) in [5.74, 6) is -0.425. The van der Waals surface area contributed by atoms with Crippen molar-refractivity contribution >= 4 is 17.6 Å². The molecule has 0 saturated carbocycles. The molecule has 0 radical (unpaired) electrons. The van der Waals surface area contributed by atoms with E-state index >= 15 is 0 Å². The average Bonchev–Trinajstić information content (AvgIpc) is 2.57. The van der Waals surface area contributed by atoms with Crippen LogP contribution in [0.15, 0.2) is 24.3 Å². The van der Waals surface area contributed by atoms with Crippen molar-refractivity contribution in [2.24, 2.45) is 5.92 Å². The first-order valence-electron chi connectivity index (χ1n) is 8.21. The summed E-state index contributed by atoms with van der Waals surface area (Å²) in [6.07, 6.45) is 1.34. The van der Waals surface area contributed by atoms with E-state index in [0.717, 1.165) is 0 Å². The molecule has 1 N–H and O–H groups in total. The number of amides is 1. The van der Waals surface area contributed by atoms with E-state index in [2.05, 4.69) is 10.1 Å². The fraction of sp³-hybridized carbons (Fsp3) is 0.529. The highest BCUT2D eigenvalue weighted by Gasteiger charge is 2.26. The zero-order valence-electron chi connectivity index (χ0n) is 14.0. The van der Waals surface area contributed by atoms with E-state index in [1.54, 1.807) is 6.92 Å². The van der Waals surface area contributed by atoms with E-state index in [1.165, 1.54) is 24.3 Å². The van der Waals surface area contributed by atoms with Crippen LogP contribution in [-0.4, -0.2) is 49.6 Å². The standard InChI is InChI=1S/C17H22F2N2O4/c1-2-24-16(23)12-7-9-21(10-8-12)11-15(22)20-13-3-5-14(6-4-13)25-17(18)19/h3-6,12,17H,2,7-11H2,1H3,(H,20,22). The highest BCUT2D eigenvalue weighted by Crippen LogP contribution is 2.20. The molecule has 0 unspecified atom stereocenters. The number of hydrogen-bond acceptors (Lipinski definition) is 5. The molecule has 1 aromatic rings. The zero-order valence-corrected chi connectivity index (χ0v) is 14.0. The minimum absolute atomic E-state index is 0.0361. The Kier molecular flexibility index (Phi) is 7.12. The average molecular weight is 356 g/mol. The van der Waals surface area contributed by atoms with Gasteiger partial charge in [-0.3, -0.25) is 14.5 Å². The number of ether oxygens (including phenoxy) is 2. The van der Waals surface area contributed by atoms with Crippen LogP contribution in [0.3, 0.4) is 0 Å². The predicted molar refractivity (Wildman–Crippen MR) is 87.5 cm³/mol. The molecule has 8 heteroatoms. The molecular weight excluding hydrogens is 334 g/mol. The van der Waals surface area contributed by atoms with Crippen LogP contribution in [0.4, 0.5) is 14.5 Å². The van der Waals surface area contributed by atoms with Crippen LogP contribution >= 0.6 is 0 Å². The van der Waals surface area contributed by atoms with Gasteiger partial charge in [0.1, 0.15) is 5.75 Å². The van der Waals surface area contributed by atoms with E-state index < -0.39 is 6.61 Å². The van der Waals surface area contributed by atoms with E-state index in [-0.39, 0.29) is 30.1 Å². The SMILES string of the molecule is CCOC(=O)C1CCN(CC(=O)Nc2ccc(OC(F)F)cc2)CC1. The van der Waals surface area contributed by atoms with E-state index in [0.29, 0.717) is 38.2 Å². The first-order valence-corrected chi connectivity index (χ1v) is 8.21. The zero-order chi connectivity index (χ0) is 18.2. The van der Waals surface area contributed by atoms with Crippen LogP contribution in [0.2, 0.25) is 0 Å². The smallest absolute Gasteiger partial charge is 0.387 e. The molecule has 1 fully saturated rings. The number of rotatable bonds is 7. The van der Waals surface area contributed by atoms with Crippen LogP contribution in [0.5, 0.6) is 5.75 Å². The lowest BCUT2D eigenvalue weighted by Gasteiger charge is -2.30. The van der Waals surface area contributed by atoms with Gasteiger partial charge in [0.2, 0.25) is 5.91 Å². The van der Waals surface area contributed by atoms with Gasteiger partial charge < -0.3 is 14.8 Å². The van der Waals surface area contributed by atoms with Gasteiger partial charge in [-0.2, -0.15) is 8.78 Å². The molecule has 0 aliphatic carbocycles. The number of benzene rings is 1. The molecule has 1 aliphatic heterocycles. The molecule has 25 heavy (non-hydrogen) atoms. The number of piperidine rings is 1. The summed E-state index contributed by atoms with van der Waals surface area (Å²) in [6.45, 7) is 0.797. The molecule has 138 valence electrons. The lowest BCUT2D eigenvalue weighted by Crippen LogP contribution is -2.41. The van der Waals surface area contributed by atoms with Gasteiger partial charge in [0, 0.05) is 5.69 Å². The lowest BCUT2D eigenvalue weighted by molar-refractivity contribution is -0.149. The molecule has 1 aliphatic rings. The van der Waals surface area contributed by atoms with E-state index in [9.17, 15) is 18.4 Å². The molecule has 1 amide bonds. The third-order valence-electron chi connectivity index (χ3n) is 3.94. The quantitative estimate of drug-likeness (QED) is 0.761. The largest absolute Gasteiger partial charge is 0.466 e. The maximum atomic E-state index is 12.1. The number of esters is 1. The lowest BCUT2D eigenvalue weighted by atomic mass is 9.97. The number of likely N-dealkylation sites (tertiary alicyclic amines) is 1. The van der Waals surface area contributed by atoms with E-state index in [1.807, 2.05) is 4.90 Å². The summed E-state index contributed by atoms with van der Waals surface area (Å²) in [6, 6.07) is 5.74. The van der Waals surface area contributed by atoms with Crippen molar-refractivity contribution in [2.45, 2.75) is 26.4 Å². The topological polar surface area (TPSA) is 67.9 Å². The summed E-state index contributed by atoms with van der Waals surface area (Å²) in [7, 11) is 0. The molecule has 0 spiro atoms. The Hall–Kier alpha value is -2.22. The maximum absolute atomic E-state index is 12.1. The number of hydrogen-bond donors (Lipinski definition) is 1. The van der Waals surface area contributed by atoms with Gasteiger partial charge in [-0.1, -0.05) is 0 Å². The minimum atomic E-state index is -2.88. The molecular formula is C17H22F2N2O4. The second-order valence-electron chi connectivity index (χ2n) is 5.75. The highest BCUT2D eigenvalue weighted by molar-refractivity contribution is 5.92. The number of nitrogens with one attached hydrogen (secondary N) is 1. The second-order valence-corrected chi connectivity index (χ2v) is 5.75. The van der Waals surface area contributed by atoms with Crippen molar-refractivity contribution in [1.82, 2.24) is 4.90 Å². The van der Waals surface area contributed by atoms with Gasteiger partial charge in [0.25, 0.3) is 0 Å². The van der Waals surface area contributed by atoms with Crippen molar-refractivity contribution in [2.75, 3.05) is 31.6 Å². The number of carbonyl (C=O) groups is 2. The molecule has 1 saturated heterocycles. The number of halogens is 2. The number of anilines is 1. The monoisotopic (exact) mass is 356 g/mol. The summed E-state index contributed by atoms with van der Waals surface area (Å²) in [5.41, 5.74) is 0.507. The Morgan fingerprint density at radius 3 is 2.44 bits per heavy atom. The number of alkyl halides is 2. The minimum Gasteiger partial charge on any atom is -0.466 e. The van der Waals surface area contributed by atoms with E-state index in [4.69, 9.17) is 4.74 Å². The third kappa shape index (κ3) is 6.30. The fourth-order valence-electron chi connectivity index (χ4n) is 2.71. The molecule has 0 atom stereocenters. The Labute approximate surface area is 145 Å².